The van der Waals surface area contributed by atoms with Crippen molar-refractivity contribution < 1.29 is 4.39 Å². The van der Waals surface area contributed by atoms with E-state index in [1.54, 1.807) is 12.1 Å². The van der Waals surface area contributed by atoms with E-state index in [1.165, 1.54) is 24.5 Å². The van der Waals surface area contributed by atoms with Crippen molar-refractivity contribution in [2.24, 2.45) is 0 Å². The van der Waals surface area contributed by atoms with Gasteiger partial charge in [-0.2, -0.15) is 0 Å². The van der Waals surface area contributed by atoms with Crippen LogP contribution in [-0.4, -0.2) is 0 Å². The van der Waals surface area contributed by atoms with Crippen LogP contribution in [0, 0.1) is 5.82 Å². The van der Waals surface area contributed by atoms with Gasteiger partial charge in [-0.05, 0) is 48.2 Å². The zero-order chi connectivity index (χ0) is 14.7. The van der Waals surface area contributed by atoms with E-state index in [9.17, 15) is 4.39 Å². The van der Waals surface area contributed by atoms with Crippen LogP contribution < -0.4 is 5.32 Å². The summed E-state index contributed by atoms with van der Waals surface area (Å²) in [4.78, 5) is 0. The molecular formula is C18H19ClFN. The summed E-state index contributed by atoms with van der Waals surface area (Å²) in [5.74, 6) is -0.179. The Bertz CT molecular complexity index is 603. The highest BCUT2D eigenvalue weighted by molar-refractivity contribution is 6.30. The SMILES string of the molecule is Fc1cccc(CNC2(c3ccc(Cl)cc3)CCCC2)c1. The molecule has 0 atom stereocenters. The third kappa shape index (κ3) is 3.28. The molecule has 3 heteroatoms. The molecule has 0 spiro atoms. The largest absolute Gasteiger partial charge is 0.303 e. The van der Waals surface area contributed by atoms with E-state index in [0.717, 1.165) is 23.4 Å². The van der Waals surface area contributed by atoms with Crippen molar-refractivity contribution in [3.63, 3.8) is 0 Å². The summed E-state index contributed by atoms with van der Waals surface area (Å²) in [6.45, 7) is 0.681. The van der Waals surface area contributed by atoms with Gasteiger partial charge in [-0.3, -0.25) is 0 Å². The van der Waals surface area contributed by atoms with Crippen LogP contribution in [0.1, 0.15) is 36.8 Å². The predicted octanol–water partition coefficient (Wildman–Crippen LogP) is 5.04. The molecule has 3 rings (SSSR count). The third-order valence-corrected chi connectivity index (χ3v) is 4.63. The van der Waals surface area contributed by atoms with E-state index in [-0.39, 0.29) is 11.4 Å². The van der Waals surface area contributed by atoms with E-state index in [0.29, 0.717) is 6.54 Å². The van der Waals surface area contributed by atoms with Crippen LogP contribution in [0.4, 0.5) is 4.39 Å². The number of halogens is 2. The van der Waals surface area contributed by atoms with E-state index < -0.39 is 0 Å². The lowest BCUT2D eigenvalue weighted by atomic mass is 9.88. The molecule has 0 saturated heterocycles. The first kappa shape index (κ1) is 14.6. The molecule has 0 aromatic heterocycles. The first-order valence-electron chi connectivity index (χ1n) is 7.43. The highest BCUT2D eigenvalue weighted by Crippen LogP contribution is 2.39. The number of hydrogen-bond donors (Lipinski definition) is 1. The predicted molar refractivity (Wildman–Crippen MR) is 84.8 cm³/mol. The molecule has 110 valence electrons. The normalized spacial score (nSPS) is 17.0. The Morgan fingerprint density at radius 2 is 1.76 bits per heavy atom. The molecule has 0 aliphatic heterocycles. The van der Waals surface area contributed by atoms with Gasteiger partial charge in [0.2, 0.25) is 0 Å². The fourth-order valence-corrected chi connectivity index (χ4v) is 3.36. The van der Waals surface area contributed by atoms with Crippen LogP contribution in [0.2, 0.25) is 5.02 Å². The van der Waals surface area contributed by atoms with Crippen LogP contribution in [0.5, 0.6) is 0 Å². The average molecular weight is 304 g/mol. The summed E-state index contributed by atoms with van der Waals surface area (Å²) in [7, 11) is 0. The molecule has 1 saturated carbocycles. The van der Waals surface area contributed by atoms with Crippen molar-refractivity contribution >= 4 is 11.6 Å². The smallest absolute Gasteiger partial charge is 0.123 e. The van der Waals surface area contributed by atoms with Gasteiger partial charge >= 0.3 is 0 Å². The van der Waals surface area contributed by atoms with E-state index >= 15 is 0 Å². The Hall–Kier alpha value is -1.38. The van der Waals surface area contributed by atoms with Crippen molar-refractivity contribution in [1.29, 1.82) is 0 Å². The Balaban J connectivity index is 1.80. The number of nitrogens with one attached hydrogen (secondary N) is 1. The van der Waals surface area contributed by atoms with Crippen LogP contribution in [0.15, 0.2) is 48.5 Å². The van der Waals surface area contributed by atoms with Gasteiger partial charge in [0.25, 0.3) is 0 Å². The Labute approximate surface area is 130 Å². The fourth-order valence-electron chi connectivity index (χ4n) is 3.23. The van der Waals surface area contributed by atoms with Crippen molar-refractivity contribution in [2.75, 3.05) is 0 Å². The molecule has 1 aliphatic rings. The highest BCUT2D eigenvalue weighted by Gasteiger charge is 2.34. The molecule has 0 unspecified atom stereocenters. The topological polar surface area (TPSA) is 12.0 Å². The molecule has 1 N–H and O–H groups in total. The van der Waals surface area contributed by atoms with Crippen molar-refractivity contribution in [3.05, 3.63) is 70.5 Å². The van der Waals surface area contributed by atoms with Crippen molar-refractivity contribution in [2.45, 2.75) is 37.8 Å². The minimum Gasteiger partial charge on any atom is -0.303 e. The van der Waals surface area contributed by atoms with Gasteiger partial charge in [0, 0.05) is 17.1 Å². The minimum atomic E-state index is -0.179. The molecule has 1 aliphatic carbocycles. The van der Waals surface area contributed by atoms with Crippen LogP contribution in [0.3, 0.4) is 0 Å². The first-order chi connectivity index (χ1) is 10.2. The van der Waals surface area contributed by atoms with Gasteiger partial charge in [-0.25, -0.2) is 4.39 Å². The summed E-state index contributed by atoms with van der Waals surface area (Å²) in [6.07, 6.45) is 4.67. The monoisotopic (exact) mass is 303 g/mol. The summed E-state index contributed by atoms with van der Waals surface area (Å²) >= 11 is 5.99. The zero-order valence-corrected chi connectivity index (χ0v) is 12.7. The van der Waals surface area contributed by atoms with E-state index in [4.69, 9.17) is 11.6 Å². The molecular weight excluding hydrogens is 285 g/mol. The van der Waals surface area contributed by atoms with E-state index in [2.05, 4.69) is 17.4 Å². The Morgan fingerprint density at radius 3 is 2.43 bits per heavy atom. The van der Waals surface area contributed by atoms with Gasteiger partial charge in [-0.1, -0.05) is 48.7 Å². The first-order valence-corrected chi connectivity index (χ1v) is 7.81. The Morgan fingerprint density at radius 1 is 1.05 bits per heavy atom. The lowest BCUT2D eigenvalue weighted by Gasteiger charge is -2.31. The lowest BCUT2D eigenvalue weighted by molar-refractivity contribution is 0.338. The third-order valence-electron chi connectivity index (χ3n) is 4.37. The fraction of sp³-hybridized carbons (Fsp3) is 0.333. The lowest BCUT2D eigenvalue weighted by Crippen LogP contribution is -2.39. The quantitative estimate of drug-likeness (QED) is 0.834. The van der Waals surface area contributed by atoms with Gasteiger partial charge in [0.1, 0.15) is 5.82 Å². The second kappa shape index (κ2) is 6.17. The molecule has 21 heavy (non-hydrogen) atoms. The summed E-state index contributed by atoms with van der Waals surface area (Å²) in [5, 5.41) is 4.43. The minimum absolute atomic E-state index is 0.00307. The zero-order valence-electron chi connectivity index (χ0n) is 11.9. The molecule has 0 radical (unpaired) electrons. The van der Waals surface area contributed by atoms with Gasteiger partial charge in [0.05, 0.1) is 0 Å². The maximum absolute atomic E-state index is 13.3. The maximum atomic E-state index is 13.3. The molecule has 1 fully saturated rings. The van der Waals surface area contributed by atoms with Gasteiger partial charge < -0.3 is 5.32 Å². The van der Waals surface area contributed by atoms with Crippen LogP contribution in [-0.2, 0) is 12.1 Å². The van der Waals surface area contributed by atoms with Gasteiger partial charge in [0.15, 0.2) is 0 Å². The van der Waals surface area contributed by atoms with Crippen LogP contribution in [0.25, 0.3) is 0 Å². The molecule has 0 bridgehead atoms. The summed E-state index contributed by atoms with van der Waals surface area (Å²) in [5.41, 5.74) is 2.26. The highest BCUT2D eigenvalue weighted by atomic mass is 35.5. The van der Waals surface area contributed by atoms with Gasteiger partial charge in [-0.15, -0.1) is 0 Å². The molecule has 2 aromatic carbocycles. The summed E-state index contributed by atoms with van der Waals surface area (Å²) < 4.78 is 13.3. The number of hydrogen-bond acceptors (Lipinski definition) is 1. The van der Waals surface area contributed by atoms with E-state index in [1.807, 2.05) is 18.2 Å². The van der Waals surface area contributed by atoms with Crippen molar-refractivity contribution in [1.82, 2.24) is 5.32 Å². The maximum Gasteiger partial charge on any atom is 0.123 e. The average Bonchev–Trinajstić information content (AvgIpc) is 2.96. The summed E-state index contributed by atoms with van der Waals surface area (Å²) in [6, 6.07) is 14.9. The second-order valence-corrected chi connectivity index (χ2v) is 6.22. The van der Waals surface area contributed by atoms with Crippen LogP contribution >= 0.6 is 11.6 Å². The molecule has 1 nitrogen and oxygen atoms in total. The number of rotatable bonds is 4. The molecule has 0 heterocycles. The second-order valence-electron chi connectivity index (χ2n) is 5.78. The molecule has 2 aromatic rings. The van der Waals surface area contributed by atoms with Crippen molar-refractivity contribution in [3.8, 4) is 0 Å². The standard InChI is InChI=1S/C18H19ClFN/c19-16-8-6-15(7-9-16)18(10-1-2-11-18)21-13-14-4-3-5-17(20)12-14/h3-9,12,21H,1-2,10-11,13H2. The Kier molecular flexibility index (Phi) is 4.27. The number of benzene rings is 2. The molecule has 0 amide bonds.